The van der Waals surface area contributed by atoms with E-state index in [0.29, 0.717) is 30.7 Å². The summed E-state index contributed by atoms with van der Waals surface area (Å²) >= 11 is 0. The number of hydrogen-bond donors (Lipinski definition) is 0. The molecule has 2 aromatic carbocycles. The fourth-order valence-electron chi connectivity index (χ4n) is 3.77. The van der Waals surface area contributed by atoms with E-state index in [4.69, 9.17) is 0 Å². The molecule has 168 valence electrons. The van der Waals surface area contributed by atoms with E-state index in [9.17, 15) is 22.4 Å². The quantitative estimate of drug-likeness (QED) is 0.572. The molecule has 1 aliphatic rings. The van der Waals surface area contributed by atoms with E-state index in [2.05, 4.69) is 15.2 Å². The van der Waals surface area contributed by atoms with Gasteiger partial charge in [-0.05, 0) is 36.2 Å². The monoisotopic (exact) mass is 447 g/mol. The molecule has 3 aromatic rings. The average Bonchev–Trinajstić information content (AvgIpc) is 3.10. The predicted octanol–water partition coefficient (Wildman–Crippen LogP) is 3.77. The van der Waals surface area contributed by atoms with Crippen LogP contribution in [0.3, 0.4) is 0 Å². The first-order valence-electron chi connectivity index (χ1n) is 10.2. The van der Waals surface area contributed by atoms with Crippen molar-refractivity contribution >= 4 is 5.91 Å². The van der Waals surface area contributed by atoms with E-state index < -0.39 is 29.3 Å². The average molecular weight is 447 g/mol. The standard InChI is InChI=1S/C22H21F4N5O/c23-17-7-9-18(10-8-17)31-20(22(24,25)26)19(27-28-31)21(32)30-12-4-11-29(13-14-30)15-16-5-2-1-3-6-16/h1-3,5-10H,4,11-15H2. The molecule has 4 rings (SSSR count). The van der Waals surface area contributed by atoms with Gasteiger partial charge in [0.05, 0.1) is 5.69 Å². The smallest absolute Gasteiger partial charge is 0.336 e. The molecular formula is C22H21F4N5O. The second kappa shape index (κ2) is 9.07. The van der Waals surface area contributed by atoms with Crippen molar-refractivity contribution in [3.8, 4) is 5.69 Å². The molecule has 1 amide bonds. The van der Waals surface area contributed by atoms with Crippen molar-refractivity contribution in [3.63, 3.8) is 0 Å². The van der Waals surface area contributed by atoms with Crippen LogP contribution in [0.25, 0.3) is 5.69 Å². The number of benzene rings is 2. The number of aromatic nitrogens is 3. The van der Waals surface area contributed by atoms with Crippen molar-refractivity contribution in [3.05, 3.63) is 77.4 Å². The molecule has 1 saturated heterocycles. The normalized spacial score (nSPS) is 15.6. The maximum atomic E-state index is 13.9. The van der Waals surface area contributed by atoms with Crippen LogP contribution in [0.4, 0.5) is 17.6 Å². The van der Waals surface area contributed by atoms with Gasteiger partial charge in [-0.2, -0.15) is 13.2 Å². The first-order valence-corrected chi connectivity index (χ1v) is 10.2. The molecule has 1 aliphatic heterocycles. The molecule has 1 fully saturated rings. The predicted molar refractivity (Wildman–Crippen MR) is 109 cm³/mol. The minimum atomic E-state index is -4.87. The summed E-state index contributed by atoms with van der Waals surface area (Å²) in [5, 5.41) is 7.13. The third-order valence-electron chi connectivity index (χ3n) is 5.34. The zero-order chi connectivity index (χ0) is 22.7. The first kappa shape index (κ1) is 21.9. The summed E-state index contributed by atoms with van der Waals surface area (Å²) < 4.78 is 55.3. The molecule has 32 heavy (non-hydrogen) atoms. The van der Waals surface area contributed by atoms with E-state index >= 15 is 0 Å². The van der Waals surface area contributed by atoms with Gasteiger partial charge in [-0.1, -0.05) is 35.5 Å². The summed E-state index contributed by atoms with van der Waals surface area (Å²) in [6, 6.07) is 14.2. The summed E-state index contributed by atoms with van der Waals surface area (Å²) in [6.45, 7) is 2.58. The molecule has 1 aromatic heterocycles. The van der Waals surface area contributed by atoms with Gasteiger partial charge in [0.2, 0.25) is 0 Å². The van der Waals surface area contributed by atoms with E-state index in [1.165, 1.54) is 4.90 Å². The number of rotatable bonds is 4. The summed E-state index contributed by atoms with van der Waals surface area (Å²) in [5.41, 5.74) is -0.915. The van der Waals surface area contributed by atoms with E-state index in [1.54, 1.807) is 0 Å². The molecule has 0 atom stereocenters. The number of hydrogen-bond acceptors (Lipinski definition) is 4. The minimum absolute atomic E-state index is 0.0322. The fraction of sp³-hybridized carbons (Fsp3) is 0.318. The summed E-state index contributed by atoms with van der Waals surface area (Å²) in [4.78, 5) is 16.6. The lowest BCUT2D eigenvalue weighted by Gasteiger charge is -2.22. The Morgan fingerprint density at radius 1 is 0.938 bits per heavy atom. The van der Waals surface area contributed by atoms with E-state index in [0.717, 1.165) is 36.4 Å². The maximum absolute atomic E-state index is 13.9. The molecule has 0 unspecified atom stereocenters. The maximum Gasteiger partial charge on any atom is 0.435 e. The third-order valence-corrected chi connectivity index (χ3v) is 5.34. The number of nitrogens with zero attached hydrogens (tertiary/aromatic N) is 5. The van der Waals surface area contributed by atoms with Crippen LogP contribution in [0.5, 0.6) is 0 Å². The topological polar surface area (TPSA) is 54.3 Å². The zero-order valence-electron chi connectivity index (χ0n) is 17.1. The van der Waals surface area contributed by atoms with Crippen LogP contribution in [0.2, 0.25) is 0 Å². The van der Waals surface area contributed by atoms with Gasteiger partial charge in [-0.15, -0.1) is 5.10 Å². The Labute approximate surface area is 182 Å². The molecule has 6 nitrogen and oxygen atoms in total. The number of alkyl halides is 3. The molecular weight excluding hydrogens is 426 g/mol. The third kappa shape index (κ3) is 4.80. The summed E-state index contributed by atoms with van der Waals surface area (Å²) in [7, 11) is 0. The Balaban J connectivity index is 1.54. The lowest BCUT2D eigenvalue weighted by Crippen LogP contribution is -2.36. The van der Waals surface area contributed by atoms with Crippen LogP contribution in [0.1, 0.15) is 28.2 Å². The van der Waals surface area contributed by atoms with Crippen LogP contribution in [-0.4, -0.2) is 56.9 Å². The van der Waals surface area contributed by atoms with Gasteiger partial charge in [-0.3, -0.25) is 9.69 Å². The highest BCUT2D eigenvalue weighted by Crippen LogP contribution is 2.33. The molecule has 0 bridgehead atoms. The Morgan fingerprint density at radius 2 is 1.66 bits per heavy atom. The van der Waals surface area contributed by atoms with E-state index in [1.807, 2.05) is 30.3 Å². The number of carbonyl (C=O) groups is 1. The molecule has 10 heteroatoms. The number of halogens is 4. The first-order chi connectivity index (χ1) is 15.3. The second-order valence-electron chi connectivity index (χ2n) is 7.58. The number of carbonyl (C=O) groups excluding carboxylic acids is 1. The van der Waals surface area contributed by atoms with Gasteiger partial charge in [0.15, 0.2) is 11.4 Å². The van der Waals surface area contributed by atoms with Gasteiger partial charge in [0, 0.05) is 32.7 Å². The van der Waals surface area contributed by atoms with E-state index in [-0.39, 0.29) is 12.2 Å². The highest BCUT2D eigenvalue weighted by atomic mass is 19.4. The fourth-order valence-corrected chi connectivity index (χ4v) is 3.77. The number of amides is 1. The van der Waals surface area contributed by atoms with Crippen molar-refractivity contribution in [2.75, 3.05) is 26.2 Å². The van der Waals surface area contributed by atoms with Crippen molar-refractivity contribution in [1.82, 2.24) is 24.8 Å². The summed E-state index contributed by atoms with van der Waals surface area (Å²) in [5.74, 6) is -1.41. The highest BCUT2D eigenvalue weighted by molar-refractivity contribution is 5.93. The van der Waals surface area contributed by atoms with Crippen molar-refractivity contribution < 1.29 is 22.4 Å². The van der Waals surface area contributed by atoms with Gasteiger partial charge >= 0.3 is 6.18 Å². The van der Waals surface area contributed by atoms with Gasteiger partial charge < -0.3 is 4.90 Å². The SMILES string of the molecule is O=C(c1nnn(-c2ccc(F)cc2)c1C(F)(F)F)N1CCCN(Cc2ccccc2)CC1. The Hall–Kier alpha value is -3.27. The van der Waals surface area contributed by atoms with Gasteiger partial charge in [0.25, 0.3) is 5.91 Å². The Bertz CT molecular complexity index is 1070. The lowest BCUT2D eigenvalue weighted by molar-refractivity contribution is -0.143. The molecule has 0 saturated carbocycles. The van der Waals surface area contributed by atoms with Crippen LogP contribution in [0, 0.1) is 5.82 Å². The van der Waals surface area contributed by atoms with Crippen molar-refractivity contribution in [1.29, 1.82) is 0 Å². The van der Waals surface area contributed by atoms with Crippen LogP contribution in [-0.2, 0) is 12.7 Å². The van der Waals surface area contributed by atoms with Crippen LogP contribution in [0.15, 0.2) is 54.6 Å². The lowest BCUT2D eigenvalue weighted by atomic mass is 10.2. The highest BCUT2D eigenvalue weighted by Gasteiger charge is 2.43. The Morgan fingerprint density at radius 3 is 2.34 bits per heavy atom. The molecule has 2 heterocycles. The van der Waals surface area contributed by atoms with Crippen molar-refractivity contribution in [2.24, 2.45) is 0 Å². The second-order valence-corrected chi connectivity index (χ2v) is 7.58. The van der Waals surface area contributed by atoms with Crippen LogP contribution < -0.4 is 0 Å². The largest absolute Gasteiger partial charge is 0.435 e. The Kier molecular flexibility index (Phi) is 6.22. The summed E-state index contributed by atoms with van der Waals surface area (Å²) in [6.07, 6.45) is -4.24. The molecule has 0 N–H and O–H groups in total. The molecule has 0 aliphatic carbocycles. The van der Waals surface area contributed by atoms with Gasteiger partial charge in [-0.25, -0.2) is 9.07 Å². The molecule has 0 radical (unpaired) electrons. The van der Waals surface area contributed by atoms with Crippen molar-refractivity contribution in [2.45, 2.75) is 19.1 Å². The van der Waals surface area contributed by atoms with Crippen LogP contribution >= 0.6 is 0 Å². The minimum Gasteiger partial charge on any atom is -0.336 e. The van der Waals surface area contributed by atoms with Gasteiger partial charge in [0.1, 0.15) is 5.82 Å². The zero-order valence-corrected chi connectivity index (χ0v) is 17.1. The molecule has 0 spiro atoms.